The molecule has 5 heteroatoms. The van der Waals surface area contributed by atoms with Gasteiger partial charge in [-0.05, 0) is 41.1 Å². The summed E-state index contributed by atoms with van der Waals surface area (Å²) < 4.78 is 10.6. The van der Waals surface area contributed by atoms with Crippen molar-refractivity contribution in [2.75, 3.05) is 14.2 Å². The topological polar surface area (TPSA) is 47.6 Å². The zero-order chi connectivity index (χ0) is 19.1. The van der Waals surface area contributed by atoms with Crippen molar-refractivity contribution >= 4 is 17.2 Å². The lowest BCUT2D eigenvalue weighted by Crippen LogP contribution is -2.29. The highest BCUT2D eigenvalue weighted by Crippen LogP contribution is 2.27. The Bertz CT molecular complexity index is 840. The summed E-state index contributed by atoms with van der Waals surface area (Å²) in [6, 6.07) is 19.7. The molecule has 0 unspecified atom stereocenters. The lowest BCUT2D eigenvalue weighted by atomic mass is 10.0. The van der Waals surface area contributed by atoms with Crippen LogP contribution in [0.2, 0.25) is 0 Å². The molecule has 1 heterocycles. The van der Waals surface area contributed by atoms with Gasteiger partial charge in [0.1, 0.15) is 11.5 Å². The maximum atomic E-state index is 12.6. The molecular weight excluding hydrogens is 358 g/mol. The molecule has 3 aromatic rings. The van der Waals surface area contributed by atoms with Gasteiger partial charge in [-0.3, -0.25) is 4.79 Å². The van der Waals surface area contributed by atoms with Crippen LogP contribution in [-0.2, 0) is 11.2 Å². The van der Waals surface area contributed by atoms with E-state index in [1.807, 2.05) is 60.0 Å². The van der Waals surface area contributed by atoms with E-state index in [2.05, 4.69) is 11.4 Å². The van der Waals surface area contributed by atoms with Crippen molar-refractivity contribution in [1.29, 1.82) is 0 Å². The zero-order valence-electron chi connectivity index (χ0n) is 15.5. The highest BCUT2D eigenvalue weighted by atomic mass is 32.1. The third kappa shape index (κ3) is 5.11. The van der Waals surface area contributed by atoms with Gasteiger partial charge in [0.05, 0.1) is 20.3 Å². The lowest BCUT2D eigenvalue weighted by Gasteiger charge is -2.18. The van der Waals surface area contributed by atoms with Crippen LogP contribution in [0.15, 0.2) is 66.0 Å². The van der Waals surface area contributed by atoms with E-state index in [0.717, 1.165) is 27.5 Å². The Labute approximate surface area is 163 Å². The SMILES string of the molecule is COc1cc(CCC(=O)N[C@@H](c2ccccc2)c2cccs2)cc(OC)c1. The van der Waals surface area contributed by atoms with Crippen molar-refractivity contribution in [2.24, 2.45) is 0 Å². The fraction of sp³-hybridized carbons (Fsp3) is 0.227. The largest absolute Gasteiger partial charge is 0.497 e. The van der Waals surface area contributed by atoms with Gasteiger partial charge in [-0.2, -0.15) is 0 Å². The maximum absolute atomic E-state index is 12.6. The molecule has 0 aliphatic carbocycles. The normalized spacial score (nSPS) is 11.6. The van der Waals surface area contributed by atoms with Crippen molar-refractivity contribution in [3.63, 3.8) is 0 Å². The van der Waals surface area contributed by atoms with Gasteiger partial charge >= 0.3 is 0 Å². The fourth-order valence-corrected chi connectivity index (χ4v) is 3.72. The summed E-state index contributed by atoms with van der Waals surface area (Å²) >= 11 is 1.64. The number of hydrogen-bond donors (Lipinski definition) is 1. The number of ether oxygens (including phenoxy) is 2. The number of rotatable bonds is 8. The Balaban J connectivity index is 1.68. The van der Waals surface area contributed by atoms with Gasteiger partial charge in [0.15, 0.2) is 0 Å². The van der Waals surface area contributed by atoms with Crippen molar-refractivity contribution < 1.29 is 14.3 Å². The Morgan fingerprint density at radius 2 is 1.70 bits per heavy atom. The second kappa shape index (κ2) is 9.24. The van der Waals surface area contributed by atoms with Gasteiger partial charge in [-0.15, -0.1) is 11.3 Å². The zero-order valence-corrected chi connectivity index (χ0v) is 16.3. The Hall–Kier alpha value is -2.79. The molecule has 1 aromatic heterocycles. The summed E-state index contributed by atoms with van der Waals surface area (Å²) in [5.41, 5.74) is 2.09. The Kier molecular flexibility index (Phi) is 6.49. The number of benzene rings is 2. The maximum Gasteiger partial charge on any atom is 0.221 e. The number of carbonyl (C=O) groups is 1. The van der Waals surface area contributed by atoms with Gasteiger partial charge in [0.2, 0.25) is 5.91 Å². The molecule has 1 N–H and O–H groups in total. The molecule has 0 bridgehead atoms. The number of aryl methyl sites for hydroxylation is 1. The summed E-state index contributed by atoms with van der Waals surface area (Å²) in [6.45, 7) is 0. The summed E-state index contributed by atoms with van der Waals surface area (Å²) in [5, 5.41) is 5.20. The average molecular weight is 381 g/mol. The molecule has 0 fully saturated rings. The van der Waals surface area contributed by atoms with Crippen LogP contribution in [-0.4, -0.2) is 20.1 Å². The molecule has 2 aromatic carbocycles. The first-order valence-electron chi connectivity index (χ1n) is 8.79. The number of hydrogen-bond acceptors (Lipinski definition) is 4. The van der Waals surface area contributed by atoms with Crippen molar-refractivity contribution in [1.82, 2.24) is 5.32 Å². The van der Waals surface area contributed by atoms with Crippen LogP contribution in [0.1, 0.15) is 28.5 Å². The first-order valence-corrected chi connectivity index (χ1v) is 9.67. The molecule has 0 radical (unpaired) electrons. The van der Waals surface area contributed by atoms with Gasteiger partial charge in [0, 0.05) is 17.4 Å². The fourth-order valence-electron chi connectivity index (χ4n) is 2.92. The van der Waals surface area contributed by atoms with Crippen molar-refractivity contribution in [3.05, 3.63) is 82.0 Å². The molecule has 0 saturated heterocycles. The number of thiophene rings is 1. The standard InChI is InChI=1S/C22H23NO3S/c1-25-18-13-16(14-19(15-18)26-2)10-11-21(24)23-22(20-9-6-12-27-20)17-7-4-3-5-8-17/h3-9,12-15,22H,10-11H2,1-2H3,(H,23,24)/t22-/m0/s1. The summed E-state index contributed by atoms with van der Waals surface area (Å²) in [7, 11) is 3.24. The second-order valence-electron chi connectivity index (χ2n) is 6.15. The monoisotopic (exact) mass is 381 g/mol. The molecule has 0 spiro atoms. The minimum atomic E-state index is -0.126. The van der Waals surface area contributed by atoms with Gasteiger partial charge < -0.3 is 14.8 Å². The lowest BCUT2D eigenvalue weighted by molar-refractivity contribution is -0.121. The molecular formula is C22H23NO3S. The molecule has 1 atom stereocenters. The van der Waals surface area contributed by atoms with Gasteiger partial charge in [-0.25, -0.2) is 0 Å². The molecule has 140 valence electrons. The van der Waals surface area contributed by atoms with Crippen LogP contribution in [0, 0.1) is 0 Å². The van der Waals surface area contributed by atoms with Crippen molar-refractivity contribution in [3.8, 4) is 11.5 Å². The molecule has 0 aliphatic rings. The van der Waals surface area contributed by atoms with Crippen molar-refractivity contribution in [2.45, 2.75) is 18.9 Å². The quantitative estimate of drug-likeness (QED) is 0.620. The Morgan fingerprint density at radius 3 is 2.30 bits per heavy atom. The van der Waals surface area contributed by atoms with Crippen LogP contribution in [0.25, 0.3) is 0 Å². The molecule has 27 heavy (non-hydrogen) atoms. The molecule has 0 aliphatic heterocycles. The van der Waals surface area contributed by atoms with E-state index in [-0.39, 0.29) is 11.9 Å². The highest BCUT2D eigenvalue weighted by Gasteiger charge is 2.17. The van der Waals surface area contributed by atoms with E-state index < -0.39 is 0 Å². The minimum absolute atomic E-state index is 0.0130. The third-order valence-corrected chi connectivity index (χ3v) is 5.26. The molecule has 1 amide bonds. The van der Waals surface area contributed by atoms with E-state index in [9.17, 15) is 4.79 Å². The number of methoxy groups -OCH3 is 2. The smallest absolute Gasteiger partial charge is 0.221 e. The van der Waals surface area contributed by atoms with Crippen LogP contribution in [0.3, 0.4) is 0 Å². The van der Waals surface area contributed by atoms with Gasteiger partial charge in [0.25, 0.3) is 0 Å². The number of nitrogens with one attached hydrogen (secondary N) is 1. The summed E-state index contributed by atoms with van der Waals surface area (Å²) in [4.78, 5) is 13.8. The average Bonchev–Trinajstić information content (AvgIpc) is 3.25. The van der Waals surface area contributed by atoms with Crippen LogP contribution < -0.4 is 14.8 Å². The molecule has 3 rings (SSSR count). The summed E-state index contributed by atoms with van der Waals surface area (Å²) in [5.74, 6) is 1.47. The first-order chi connectivity index (χ1) is 13.2. The Morgan fingerprint density at radius 1 is 1.00 bits per heavy atom. The summed E-state index contributed by atoms with van der Waals surface area (Å²) in [6.07, 6.45) is 1.01. The minimum Gasteiger partial charge on any atom is -0.497 e. The van der Waals surface area contributed by atoms with Crippen LogP contribution in [0.4, 0.5) is 0 Å². The van der Waals surface area contributed by atoms with E-state index in [0.29, 0.717) is 12.8 Å². The molecule has 0 saturated carbocycles. The number of carbonyl (C=O) groups excluding carboxylic acids is 1. The number of amides is 1. The first kappa shape index (κ1) is 19.0. The predicted octanol–water partition coefficient (Wildman–Crippen LogP) is 4.60. The predicted molar refractivity (Wildman–Crippen MR) is 109 cm³/mol. The van der Waals surface area contributed by atoms with E-state index >= 15 is 0 Å². The van der Waals surface area contributed by atoms with Crippen LogP contribution in [0.5, 0.6) is 11.5 Å². The van der Waals surface area contributed by atoms with Gasteiger partial charge in [-0.1, -0.05) is 36.4 Å². The third-order valence-electron chi connectivity index (χ3n) is 4.32. The van der Waals surface area contributed by atoms with Crippen LogP contribution >= 0.6 is 11.3 Å². The van der Waals surface area contributed by atoms with E-state index in [1.165, 1.54) is 0 Å². The highest BCUT2D eigenvalue weighted by molar-refractivity contribution is 7.10. The van der Waals surface area contributed by atoms with E-state index in [4.69, 9.17) is 9.47 Å². The second-order valence-corrected chi connectivity index (χ2v) is 7.13. The molecule has 4 nitrogen and oxygen atoms in total. The van der Waals surface area contributed by atoms with E-state index in [1.54, 1.807) is 25.6 Å².